The Balaban J connectivity index is 0.000000178. The number of furan rings is 2. The molecule has 4 aromatic heterocycles. The van der Waals surface area contributed by atoms with E-state index in [1.807, 2.05) is 74.5 Å². The van der Waals surface area contributed by atoms with Gasteiger partial charge in [-0.15, -0.1) is 22.7 Å². The lowest BCUT2D eigenvalue weighted by Crippen LogP contribution is -2.10. The SMILES string of the molecule is Cc1ccc(C=Nc2ccccc2C(N)=O)o1.Cc1ccc(C=Nc2ccccc2C(N)=O)s1.NC(=O)c1ccccc1N=Cc1ccc(Br)s1.NC(=O)c1ccccc1N=Cc1cccc(Cl)c1.NC(=O)c1ccccc1N=Cc1cccc(O)c1.NC(=O)c1ccccc1N=Cc1ccccc1[N+](=O)[O-].NC(=O)c1ccccc1N=Cc1ccco1. The minimum atomic E-state index is -0.597. The quantitative estimate of drug-likeness (QED) is 0.0178. The van der Waals surface area contributed by atoms with E-state index >= 15 is 0 Å². The second-order valence-corrected chi connectivity index (χ2v) is 29.2. The molecular formula is C92H77BrClN15O12S2. The van der Waals surface area contributed by atoms with Crippen molar-refractivity contribution in [3.8, 4) is 5.75 Å². The summed E-state index contributed by atoms with van der Waals surface area (Å²) < 4.78 is 11.5. The van der Waals surface area contributed by atoms with Crippen LogP contribution in [0, 0.1) is 24.0 Å². The number of rotatable bonds is 22. The Morgan fingerprint density at radius 2 is 0.724 bits per heavy atom. The fourth-order valence-electron chi connectivity index (χ4n) is 10.3. The summed E-state index contributed by atoms with van der Waals surface area (Å²) in [6, 6.07) is 83.5. The predicted octanol–water partition coefficient (Wildman–Crippen LogP) is 18.7. The summed E-state index contributed by atoms with van der Waals surface area (Å²) in [6.45, 7) is 3.90. The monoisotopic (exact) mass is 1760 g/mol. The molecule has 0 bridgehead atoms. The fourth-order valence-corrected chi connectivity index (χ4v) is 12.5. The third kappa shape index (κ3) is 30.8. The lowest BCUT2D eigenvalue weighted by Gasteiger charge is -2.00. The number of carbonyl (C=O) groups excluding carboxylic acids is 7. The zero-order valence-electron chi connectivity index (χ0n) is 65.5. The minimum Gasteiger partial charge on any atom is -0.508 e. The Morgan fingerprint density at radius 3 is 1.07 bits per heavy atom. The van der Waals surface area contributed by atoms with Crippen molar-refractivity contribution in [3.05, 3.63) is 404 Å². The van der Waals surface area contributed by atoms with Gasteiger partial charge in [0.15, 0.2) is 0 Å². The minimum absolute atomic E-state index is 0.0483. The van der Waals surface area contributed by atoms with Crippen molar-refractivity contribution in [3.63, 3.8) is 0 Å². The van der Waals surface area contributed by atoms with Gasteiger partial charge in [-0.1, -0.05) is 133 Å². The molecule has 0 fully saturated rings. The van der Waals surface area contributed by atoms with Crippen LogP contribution in [0.2, 0.25) is 5.02 Å². The molecule has 15 N–H and O–H groups in total. The number of nitro groups is 1. The number of phenolic OH excluding ortho intramolecular Hbond substituents is 1. The zero-order chi connectivity index (χ0) is 88.6. The number of halogens is 2. The number of aromatic hydroxyl groups is 1. The average molecular weight is 1760 g/mol. The van der Waals surface area contributed by atoms with E-state index in [-0.39, 0.29) is 17.0 Å². The Hall–Kier alpha value is -15.9. The number of nitrogens with two attached hydrogens (primary N) is 7. The van der Waals surface area contributed by atoms with Gasteiger partial charge in [0.1, 0.15) is 23.0 Å². The molecule has 0 spiro atoms. The van der Waals surface area contributed by atoms with Gasteiger partial charge in [-0.2, -0.15) is 0 Å². The molecule has 27 nitrogen and oxygen atoms in total. The van der Waals surface area contributed by atoms with Gasteiger partial charge in [-0.3, -0.25) is 78.6 Å². The number of para-hydroxylation sites is 8. The van der Waals surface area contributed by atoms with Crippen molar-refractivity contribution in [1.29, 1.82) is 0 Å². The van der Waals surface area contributed by atoms with Crippen molar-refractivity contribution in [2.24, 2.45) is 75.1 Å². The number of aryl methyl sites for hydroxylation is 2. The van der Waals surface area contributed by atoms with E-state index in [1.165, 1.54) is 17.2 Å². The molecular weight excluding hydrogens is 1690 g/mol. The van der Waals surface area contributed by atoms with E-state index in [4.69, 9.17) is 60.6 Å². The van der Waals surface area contributed by atoms with E-state index in [1.54, 1.807) is 291 Å². The first-order valence-corrected chi connectivity index (χ1v) is 39.2. The molecule has 123 heavy (non-hydrogen) atoms. The lowest BCUT2D eigenvalue weighted by molar-refractivity contribution is -0.385. The van der Waals surface area contributed by atoms with Crippen LogP contribution in [-0.2, 0) is 0 Å². The second-order valence-electron chi connectivity index (χ2n) is 25.0. The van der Waals surface area contributed by atoms with Crippen LogP contribution >= 0.6 is 50.2 Å². The number of benzene rings is 10. The highest BCUT2D eigenvalue weighted by Gasteiger charge is 2.14. The van der Waals surface area contributed by atoms with Crippen LogP contribution in [-0.4, -0.2) is 94.9 Å². The van der Waals surface area contributed by atoms with Gasteiger partial charge >= 0.3 is 0 Å². The van der Waals surface area contributed by atoms with Crippen molar-refractivity contribution < 1.29 is 52.4 Å². The van der Waals surface area contributed by atoms with Gasteiger partial charge in [0.2, 0.25) is 0 Å². The predicted molar refractivity (Wildman–Crippen MR) is 491 cm³/mol. The third-order valence-electron chi connectivity index (χ3n) is 16.1. The number of aliphatic imine (C=N–C) groups is 7. The third-order valence-corrected chi connectivity index (χ3v) is 18.8. The Bertz CT molecular complexity index is 5840. The molecule has 31 heteroatoms. The molecule has 618 valence electrons. The van der Waals surface area contributed by atoms with Crippen molar-refractivity contribution >= 4 is 181 Å². The number of amides is 7. The van der Waals surface area contributed by atoms with E-state index < -0.39 is 46.3 Å². The Labute approximate surface area is 726 Å². The number of primary amides is 7. The van der Waals surface area contributed by atoms with Crippen molar-refractivity contribution in [2.45, 2.75) is 13.8 Å². The summed E-state index contributed by atoms with van der Waals surface area (Å²) in [4.78, 5) is 121. The maximum absolute atomic E-state index is 11.2. The van der Waals surface area contributed by atoms with Gasteiger partial charge in [-0.05, 0) is 205 Å². The number of nitro benzene ring substituents is 1. The topological polar surface area (TPSA) is 478 Å². The molecule has 0 atom stereocenters. The van der Waals surface area contributed by atoms with Crippen molar-refractivity contribution in [1.82, 2.24) is 0 Å². The largest absolute Gasteiger partial charge is 0.508 e. The molecule has 0 radical (unpaired) electrons. The molecule has 0 saturated carbocycles. The Morgan fingerprint density at radius 1 is 0.374 bits per heavy atom. The fraction of sp³-hybridized carbons (Fsp3) is 0.0217. The number of hydrogen-bond donors (Lipinski definition) is 8. The lowest BCUT2D eigenvalue weighted by atomic mass is 10.1. The summed E-state index contributed by atoms with van der Waals surface area (Å²) in [6.07, 6.45) is 12.7. The van der Waals surface area contributed by atoms with Gasteiger partial charge < -0.3 is 54.1 Å². The van der Waals surface area contributed by atoms with Crippen LogP contribution in [0.3, 0.4) is 0 Å². The summed E-state index contributed by atoms with van der Waals surface area (Å²) in [7, 11) is 0. The standard InChI is InChI=1S/C14H11ClN2O.C14H11N3O3.C14H12N2O2.C13H12N2O2.C13H12N2OS.C12H9BrN2OS.C12H10N2O2/c15-11-5-3-4-10(8-11)9-17-13-7-2-1-6-12(13)14(16)18;15-14(18)11-6-2-3-7-12(11)16-9-10-5-1-4-8-13(10)17(19)20;15-14(18)12-6-1-2-7-13(12)16-9-10-4-3-5-11(17)8-10;2*1-9-6-7-10(17-9)8-15-12-5-3-2-4-11(12)13(14)16;13-11-6-5-8(17-11)7-15-10-4-2-1-3-9(10)12(14)16;13-12(15)10-5-1-2-6-11(10)14-8-9-4-3-7-16-9/h1-9H,(H2,16,18);1-9H,(H2,15,18);1-9,17H,(H2,15,18);2*2-8H,1H3,(H2,14,16);1-7H,(H2,14,16);1-8H,(H2,13,15). The van der Waals surface area contributed by atoms with Gasteiger partial charge in [-0.25, -0.2) is 0 Å². The summed E-state index contributed by atoms with van der Waals surface area (Å²) in [5.74, 6) is -1.27. The maximum Gasteiger partial charge on any atom is 0.278 e. The molecule has 14 rings (SSSR count). The molecule has 4 heterocycles. The number of thiophene rings is 2. The highest BCUT2D eigenvalue weighted by Crippen LogP contribution is 2.28. The maximum atomic E-state index is 11.2. The normalized spacial score (nSPS) is 10.8. The first kappa shape index (κ1) is 92.6. The molecule has 0 unspecified atom stereocenters. The molecule has 0 saturated heterocycles. The van der Waals surface area contributed by atoms with Crippen LogP contribution in [0.25, 0.3) is 0 Å². The second kappa shape index (κ2) is 48.1. The smallest absolute Gasteiger partial charge is 0.278 e. The number of phenols is 1. The molecule has 0 aliphatic heterocycles. The van der Waals surface area contributed by atoms with Crippen molar-refractivity contribution in [2.75, 3.05) is 0 Å². The summed E-state index contributed by atoms with van der Waals surface area (Å²) >= 11 is 12.5. The van der Waals surface area contributed by atoms with E-state index in [0.29, 0.717) is 95.3 Å². The molecule has 10 aromatic carbocycles. The number of nitrogens with zero attached hydrogens (tertiary/aromatic N) is 8. The first-order chi connectivity index (χ1) is 59.2. The number of carbonyl (C=O) groups is 7. The first-order valence-electron chi connectivity index (χ1n) is 36.4. The molecule has 14 aromatic rings. The highest BCUT2D eigenvalue weighted by atomic mass is 79.9. The molecule has 0 aliphatic carbocycles. The molecule has 0 aliphatic rings. The van der Waals surface area contributed by atoms with Gasteiger partial charge in [0, 0.05) is 56.8 Å². The van der Waals surface area contributed by atoms with E-state index in [0.717, 1.165) is 30.4 Å². The van der Waals surface area contributed by atoms with Gasteiger partial charge in [0.25, 0.3) is 47.0 Å². The van der Waals surface area contributed by atoms with Crippen LogP contribution in [0.15, 0.2) is 345 Å². The van der Waals surface area contributed by atoms with Crippen LogP contribution < -0.4 is 40.1 Å². The van der Waals surface area contributed by atoms with E-state index in [9.17, 15) is 48.8 Å². The number of hydrogen-bond acceptors (Lipinski definition) is 21. The van der Waals surface area contributed by atoms with Crippen LogP contribution in [0.4, 0.5) is 45.5 Å². The van der Waals surface area contributed by atoms with Crippen LogP contribution in [0.5, 0.6) is 5.75 Å². The summed E-state index contributed by atoms with van der Waals surface area (Å²) in [5, 5.41) is 20.8. The molecule has 7 amide bonds. The zero-order valence-corrected chi connectivity index (χ0v) is 69.4. The Kier molecular flexibility index (Phi) is 36.2. The van der Waals surface area contributed by atoms with Crippen LogP contribution in [0.1, 0.15) is 121 Å². The van der Waals surface area contributed by atoms with E-state index in [2.05, 4.69) is 50.9 Å². The van der Waals surface area contributed by atoms with Gasteiger partial charge in [0.05, 0.1) is 112 Å². The summed E-state index contributed by atoms with van der Waals surface area (Å²) in [5.41, 5.74) is 45.1. The average Bonchev–Trinajstić information content (AvgIpc) is 0.928. The highest BCUT2D eigenvalue weighted by molar-refractivity contribution is 9.11.